The van der Waals surface area contributed by atoms with E-state index in [9.17, 15) is 4.79 Å². The van der Waals surface area contributed by atoms with E-state index in [1.807, 2.05) is 36.4 Å². The van der Waals surface area contributed by atoms with Crippen LogP contribution in [0.2, 0.25) is 0 Å². The predicted molar refractivity (Wildman–Crippen MR) is 104 cm³/mol. The van der Waals surface area contributed by atoms with Crippen molar-refractivity contribution in [1.82, 2.24) is 10.2 Å². The molecule has 2 bridgehead atoms. The maximum Gasteiger partial charge on any atom is 0.319 e. The molecular formula is C21H27N3O3. The molecule has 1 aromatic carbocycles. The molecule has 1 unspecified atom stereocenters. The highest BCUT2D eigenvalue weighted by Crippen LogP contribution is 2.35. The molecule has 2 aliphatic heterocycles. The van der Waals surface area contributed by atoms with Crippen LogP contribution in [0.25, 0.3) is 0 Å². The first-order chi connectivity index (χ1) is 13.2. The molecule has 2 aliphatic rings. The van der Waals surface area contributed by atoms with Gasteiger partial charge in [-0.1, -0.05) is 12.5 Å². The van der Waals surface area contributed by atoms with Crippen LogP contribution in [0.1, 0.15) is 37.9 Å². The van der Waals surface area contributed by atoms with Gasteiger partial charge in [0, 0.05) is 29.9 Å². The lowest BCUT2D eigenvalue weighted by atomic mass is 9.81. The quantitative estimate of drug-likeness (QED) is 0.836. The van der Waals surface area contributed by atoms with Gasteiger partial charge in [-0.15, -0.1) is 0 Å². The summed E-state index contributed by atoms with van der Waals surface area (Å²) in [5.41, 5.74) is 0.738. The van der Waals surface area contributed by atoms with E-state index in [0.717, 1.165) is 36.6 Å². The molecule has 27 heavy (non-hydrogen) atoms. The van der Waals surface area contributed by atoms with Crippen molar-refractivity contribution in [2.45, 2.75) is 56.8 Å². The molecule has 0 saturated carbocycles. The number of piperidine rings is 2. The fourth-order valence-electron chi connectivity index (χ4n) is 4.49. The minimum atomic E-state index is -0.147. The van der Waals surface area contributed by atoms with Crippen molar-refractivity contribution < 1.29 is 13.9 Å². The number of urea groups is 1. The van der Waals surface area contributed by atoms with Crippen molar-refractivity contribution >= 4 is 11.7 Å². The lowest BCUT2D eigenvalue weighted by Gasteiger charge is -2.48. The SMILES string of the molecule is COc1cccc(NC(=O)NC2C[C@H]3CCC[C@@H](C2)N3Cc2ccco2)c1. The molecule has 2 saturated heterocycles. The number of carbonyl (C=O) groups is 1. The van der Waals surface area contributed by atoms with Gasteiger partial charge in [0.15, 0.2) is 0 Å². The van der Waals surface area contributed by atoms with Crippen molar-refractivity contribution in [2.24, 2.45) is 0 Å². The van der Waals surface area contributed by atoms with E-state index in [1.54, 1.807) is 13.4 Å². The summed E-state index contributed by atoms with van der Waals surface area (Å²) in [5, 5.41) is 6.09. The fraction of sp³-hybridized carbons (Fsp3) is 0.476. The summed E-state index contributed by atoms with van der Waals surface area (Å²) in [4.78, 5) is 15.0. The summed E-state index contributed by atoms with van der Waals surface area (Å²) in [7, 11) is 1.62. The normalized spacial score (nSPS) is 25.0. The van der Waals surface area contributed by atoms with Crippen molar-refractivity contribution in [2.75, 3.05) is 12.4 Å². The standard InChI is InChI=1S/C21H27N3O3/c1-26-19-8-2-5-15(13-19)22-21(25)23-16-11-17-6-3-7-18(12-16)24(17)14-20-9-4-10-27-20/h2,4-5,8-10,13,16-18H,3,6-7,11-12,14H2,1H3,(H2,22,23,25)/t16?,17-,18+. The van der Waals surface area contributed by atoms with Gasteiger partial charge in [0.05, 0.1) is 19.9 Å². The Bertz CT molecular complexity index is 748. The highest BCUT2D eigenvalue weighted by molar-refractivity contribution is 5.89. The number of rotatable bonds is 5. The maximum atomic E-state index is 12.4. The van der Waals surface area contributed by atoms with E-state index in [-0.39, 0.29) is 12.1 Å². The van der Waals surface area contributed by atoms with Gasteiger partial charge in [-0.25, -0.2) is 4.79 Å². The largest absolute Gasteiger partial charge is 0.497 e. The number of methoxy groups -OCH3 is 1. The summed E-state index contributed by atoms with van der Waals surface area (Å²) in [5.74, 6) is 1.75. The van der Waals surface area contributed by atoms with Gasteiger partial charge in [-0.2, -0.15) is 0 Å². The molecular weight excluding hydrogens is 342 g/mol. The van der Waals surface area contributed by atoms with E-state index in [2.05, 4.69) is 15.5 Å². The van der Waals surface area contributed by atoms with Crippen LogP contribution >= 0.6 is 0 Å². The Labute approximate surface area is 159 Å². The lowest BCUT2D eigenvalue weighted by molar-refractivity contribution is 0.0150. The number of hydrogen-bond acceptors (Lipinski definition) is 4. The van der Waals surface area contributed by atoms with Crippen LogP contribution in [0, 0.1) is 0 Å². The second kappa shape index (κ2) is 8.05. The van der Waals surface area contributed by atoms with E-state index in [0.29, 0.717) is 12.1 Å². The van der Waals surface area contributed by atoms with Crippen LogP contribution in [0.4, 0.5) is 10.5 Å². The summed E-state index contributed by atoms with van der Waals surface area (Å²) in [6, 6.07) is 12.5. The highest BCUT2D eigenvalue weighted by Gasteiger charge is 2.38. The molecule has 0 radical (unpaired) electrons. The first-order valence-corrected chi connectivity index (χ1v) is 9.71. The van der Waals surface area contributed by atoms with Crippen LogP contribution < -0.4 is 15.4 Å². The summed E-state index contributed by atoms with van der Waals surface area (Å²) < 4.78 is 10.8. The summed E-state index contributed by atoms with van der Waals surface area (Å²) >= 11 is 0. The number of benzene rings is 1. The van der Waals surface area contributed by atoms with Crippen molar-refractivity contribution in [1.29, 1.82) is 0 Å². The minimum Gasteiger partial charge on any atom is -0.497 e. The Kier molecular flexibility index (Phi) is 5.34. The van der Waals surface area contributed by atoms with Crippen LogP contribution in [0.5, 0.6) is 5.75 Å². The number of hydrogen-bond donors (Lipinski definition) is 2. The van der Waals surface area contributed by atoms with E-state index >= 15 is 0 Å². The third kappa shape index (κ3) is 4.27. The molecule has 1 aromatic heterocycles. The monoisotopic (exact) mass is 369 g/mol. The Balaban J connectivity index is 1.34. The third-order valence-electron chi connectivity index (χ3n) is 5.71. The zero-order valence-electron chi connectivity index (χ0n) is 15.7. The molecule has 6 heteroatoms. The highest BCUT2D eigenvalue weighted by atomic mass is 16.5. The molecule has 2 N–H and O–H groups in total. The number of carbonyl (C=O) groups excluding carboxylic acids is 1. The summed E-state index contributed by atoms with van der Waals surface area (Å²) in [6.45, 7) is 0.866. The van der Waals surface area contributed by atoms with Gasteiger partial charge in [-0.3, -0.25) is 4.90 Å². The second-order valence-electron chi connectivity index (χ2n) is 7.49. The molecule has 0 aliphatic carbocycles. The maximum absolute atomic E-state index is 12.4. The zero-order valence-corrected chi connectivity index (χ0v) is 15.7. The van der Waals surface area contributed by atoms with Gasteiger partial charge >= 0.3 is 6.03 Å². The van der Waals surface area contributed by atoms with Gasteiger partial charge in [-0.05, 0) is 49.9 Å². The van der Waals surface area contributed by atoms with Crippen molar-refractivity contribution in [3.8, 4) is 5.75 Å². The minimum absolute atomic E-state index is 0.147. The van der Waals surface area contributed by atoms with Gasteiger partial charge in [0.1, 0.15) is 11.5 Å². The Morgan fingerprint density at radius 3 is 2.74 bits per heavy atom. The number of nitrogens with one attached hydrogen (secondary N) is 2. The third-order valence-corrected chi connectivity index (χ3v) is 5.71. The van der Waals surface area contributed by atoms with E-state index in [1.165, 1.54) is 19.3 Å². The Morgan fingerprint density at radius 1 is 1.22 bits per heavy atom. The molecule has 3 atom stereocenters. The van der Waals surface area contributed by atoms with Gasteiger partial charge in [0.25, 0.3) is 0 Å². The van der Waals surface area contributed by atoms with Gasteiger partial charge < -0.3 is 19.8 Å². The van der Waals surface area contributed by atoms with Gasteiger partial charge in [0.2, 0.25) is 0 Å². The van der Waals surface area contributed by atoms with E-state index < -0.39 is 0 Å². The van der Waals surface area contributed by atoms with Crippen molar-refractivity contribution in [3.63, 3.8) is 0 Å². The van der Waals surface area contributed by atoms with Crippen LogP contribution in [-0.4, -0.2) is 36.2 Å². The van der Waals surface area contributed by atoms with Crippen LogP contribution in [0.3, 0.4) is 0 Å². The molecule has 2 aromatic rings. The van der Waals surface area contributed by atoms with E-state index in [4.69, 9.17) is 9.15 Å². The average molecular weight is 369 g/mol. The molecule has 4 rings (SSSR count). The average Bonchev–Trinajstić information content (AvgIpc) is 3.15. The second-order valence-corrected chi connectivity index (χ2v) is 7.49. The number of fused-ring (bicyclic) bond motifs is 2. The fourth-order valence-corrected chi connectivity index (χ4v) is 4.49. The summed E-state index contributed by atoms with van der Waals surface area (Å²) in [6.07, 6.45) is 7.36. The number of anilines is 1. The number of furan rings is 1. The topological polar surface area (TPSA) is 66.7 Å². The first-order valence-electron chi connectivity index (χ1n) is 9.71. The predicted octanol–water partition coefficient (Wildman–Crippen LogP) is 4.00. The molecule has 6 nitrogen and oxygen atoms in total. The Hall–Kier alpha value is -2.47. The number of nitrogens with zero attached hydrogens (tertiary/aromatic N) is 1. The molecule has 144 valence electrons. The van der Waals surface area contributed by atoms with Crippen LogP contribution in [-0.2, 0) is 6.54 Å². The smallest absolute Gasteiger partial charge is 0.319 e. The number of amides is 2. The Morgan fingerprint density at radius 2 is 2.04 bits per heavy atom. The van der Waals surface area contributed by atoms with Crippen molar-refractivity contribution in [3.05, 3.63) is 48.4 Å². The molecule has 0 spiro atoms. The zero-order chi connectivity index (χ0) is 18.6. The number of ether oxygens (including phenoxy) is 1. The lowest BCUT2D eigenvalue weighted by Crippen LogP contribution is -2.56. The first kappa shape index (κ1) is 17.9. The molecule has 2 fully saturated rings. The molecule has 2 amide bonds. The van der Waals surface area contributed by atoms with Crippen LogP contribution in [0.15, 0.2) is 47.1 Å². The molecule has 3 heterocycles.